The lowest BCUT2D eigenvalue weighted by Gasteiger charge is -2.37. The van der Waals surface area contributed by atoms with Crippen LogP contribution in [0.15, 0.2) is 43.5 Å². The predicted molar refractivity (Wildman–Crippen MR) is 157 cm³/mol. The van der Waals surface area contributed by atoms with Crippen molar-refractivity contribution < 1.29 is 33.8 Å². The summed E-state index contributed by atoms with van der Waals surface area (Å²) in [4.78, 5) is 57.2. The van der Waals surface area contributed by atoms with Crippen LogP contribution in [-0.2, 0) is 28.7 Å². The van der Waals surface area contributed by atoms with Crippen molar-refractivity contribution in [3.8, 4) is 0 Å². The molecule has 42 heavy (non-hydrogen) atoms. The molecule has 3 saturated heterocycles. The number of aliphatic hydroxyl groups excluding tert-OH is 1. The molecule has 10 nitrogen and oxygen atoms in total. The topological polar surface area (TPSA) is 125 Å². The number of anilines is 1. The van der Waals surface area contributed by atoms with Crippen LogP contribution in [0.3, 0.4) is 0 Å². The van der Waals surface area contributed by atoms with Crippen molar-refractivity contribution in [2.24, 2.45) is 11.8 Å². The highest BCUT2D eigenvalue weighted by Gasteiger charge is 2.75. The number of amides is 3. The number of hydrogen-bond acceptors (Lipinski definition) is 7. The average molecular weight is 582 g/mol. The highest BCUT2D eigenvalue weighted by Crippen LogP contribution is 2.59. The number of carbonyl (C=O) groups is 4. The fourth-order valence-corrected chi connectivity index (χ4v) is 6.67. The van der Waals surface area contributed by atoms with Gasteiger partial charge in [-0.3, -0.25) is 19.2 Å². The summed E-state index contributed by atoms with van der Waals surface area (Å²) in [7, 11) is 0. The minimum atomic E-state index is -1.18. The van der Waals surface area contributed by atoms with Gasteiger partial charge in [-0.1, -0.05) is 24.3 Å². The van der Waals surface area contributed by atoms with Crippen molar-refractivity contribution >= 4 is 29.4 Å². The molecule has 0 saturated carbocycles. The molecule has 6 atom stereocenters. The van der Waals surface area contributed by atoms with Gasteiger partial charge < -0.3 is 29.7 Å². The van der Waals surface area contributed by atoms with Crippen molar-refractivity contribution in [2.45, 2.75) is 76.7 Å². The van der Waals surface area contributed by atoms with E-state index in [0.29, 0.717) is 25.7 Å². The second kappa shape index (κ2) is 13.2. The van der Waals surface area contributed by atoms with Crippen LogP contribution in [0.5, 0.6) is 0 Å². The molecule has 3 aliphatic heterocycles. The lowest BCUT2D eigenvalue weighted by atomic mass is 9.70. The van der Waals surface area contributed by atoms with Gasteiger partial charge in [-0.05, 0) is 63.6 Å². The zero-order valence-corrected chi connectivity index (χ0v) is 24.8. The molecule has 3 fully saturated rings. The van der Waals surface area contributed by atoms with Gasteiger partial charge in [0.1, 0.15) is 17.7 Å². The first-order valence-corrected chi connectivity index (χ1v) is 14.8. The highest BCUT2D eigenvalue weighted by molar-refractivity contribution is 6.05. The van der Waals surface area contributed by atoms with Gasteiger partial charge >= 0.3 is 5.97 Å². The first kappa shape index (κ1) is 31.4. The van der Waals surface area contributed by atoms with Gasteiger partial charge in [-0.25, -0.2) is 0 Å². The summed E-state index contributed by atoms with van der Waals surface area (Å²) in [5, 5.41) is 12.3. The molecule has 2 N–H and O–H groups in total. The Morgan fingerprint density at radius 1 is 1.29 bits per heavy atom. The van der Waals surface area contributed by atoms with E-state index in [4.69, 9.17) is 9.47 Å². The molecular formula is C32H43N3O7. The van der Waals surface area contributed by atoms with E-state index >= 15 is 0 Å². The van der Waals surface area contributed by atoms with Crippen LogP contribution in [0.25, 0.3) is 0 Å². The van der Waals surface area contributed by atoms with Crippen molar-refractivity contribution in [2.75, 3.05) is 31.1 Å². The Morgan fingerprint density at radius 2 is 2.05 bits per heavy atom. The minimum absolute atomic E-state index is 0.139. The van der Waals surface area contributed by atoms with E-state index in [-0.39, 0.29) is 50.4 Å². The summed E-state index contributed by atoms with van der Waals surface area (Å²) < 4.78 is 12.2. The Kier molecular flexibility index (Phi) is 9.89. The zero-order chi connectivity index (χ0) is 30.6. The number of benzene rings is 1. The van der Waals surface area contributed by atoms with Crippen molar-refractivity contribution in [1.82, 2.24) is 10.2 Å². The first-order chi connectivity index (χ1) is 20.1. The number of aryl methyl sites for hydroxylation is 2. The molecule has 4 rings (SSSR count). The molecule has 3 aliphatic rings. The number of aliphatic hydroxyl groups is 1. The number of carbonyl (C=O) groups excluding carboxylic acids is 4. The van der Waals surface area contributed by atoms with Gasteiger partial charge in [-0.2, -0.15) is 0 Å². The van der Waals surface area contributed by atoms with Crippen LogP contribution in [-0.4, -0.2) is 83.8 Å². The molecule has 0 unspecified atom stereocenters. The van der Waals surface area contributed by atoms with Crippen LogP contribution >= 0.6 is 0 Å². The molecule has 1 aromatic carbocycles. The summed E-state index contributed by atoms with van der Waals surface area (Å²) in [5.41, 5.74) is 1.43. The lowest BCUT2D eigenvalue weighted by Crippen LogP contribution is -2.56. The number of likely N-dealkylation sites (tertiary alicyclic amines) is 1. The lowest BCUT2D eigenvalue weighted by molar-refractivity contribution is -0.159. The van der Waals surface area contributed by atoms with Gasteiger partial charge in [0, 0.05) is 31.8 Å². The Labute approximate surface area is 247 Å². The molecule has 10 heteroatoms. The molecule has 228 valence electrons. The molecular weight excluding hydrogens is 538 g/mol. The van der Waals surface area contributed by atoms with Gasteiger partial charge in [0.05, 0.1) is 24.5 Å². The number of rotatable bonds is 14. The largest absolute Gasteiger partial charge is 0.460 e. The third-order valence-electron chi connectivity index (χ3n) is 8.58. The van der Waals surface area contributed by atoms with Crippen molar-refractivity contribution in [3.63, 3.8) is 0 Å². The summed E-state index contributed by atoms with van der Waals surface area (Å²) >= 11 is 0. The molecule has 3 heterocycles. The monoisotopic (exact) mass is 581 g/mol. The number of nitrogens with zero attached hydrogens (tertiary/aromatic N) is 2. The molecule has 3 amide bonds. The highest BCUT2D eigenvalue weighted by atomic mass is 16.6. The third kappa shape index (κ3) is 5.87. The van der Waals surface area contributed by atoms with E-state index in [1.165, 1.54) is 4.90 Å². The Bertz CT molecular complexity index is 1230. The predicted octanol–water partition coefficient (Wildman–Crippen LogP) is 2.59. The first-order valence-electron chi connectivity index (χ1n) is 14.8. The smallest absolute Gasteiger partial charge is 0.312 e. The molecule has 2 bridgehead atoms. The van der Waals surface area contributed by atoms with Gasteiger partial charge in [-0.15, -0.1) is 13.2 Å². The van der Waals surface area contributed by atoms with E-state index in [9.17, 15) is 24.3 Å². The number of allylic oxidation sites excluding steroid dienone is 1. The van der Waals surface area contributed by atoms with Crippen LogP contribution < -0.4 is 10.2 Å². The van der Waals surface area contributed by atoms with Crippen LogP contribution in [0.4, 0.5) is 5.69 Å². The average Bonchev–Trinajstić information content (AvgIpc) is 3.60. The van der Waals surface area contributed by atoms with E-state index in [1.54, 1.807) is 24.0 Å². The van der Waals surface area contributed by atoms with Gasteiger partial charge in [0.2, 0.25) is 11.8 Å². The number of hydrogen-bond donors (Lipinski definition) is 2. The summed E-state index contributed by atoms with van der Waals surface area (Å²) in [6.07, 6.45) is 4.23. The number of esters is 1. The molecule has 1 aromatic rings. The second-order valence-corrected chi connectivity index (χ2v) is 11.6. The van der Waals surface area contributed by atoms with Crippen LogP contribution in [0.2, 0.25) is 0 Å². The van der Waals surface area contributed by atoms with E-state index in [0.717, 1.165) is 16.8 Å². The second-order valence-electron chi connectivity index (χ2n) is 11.6. The van der Waals surface area contributed by atoms with Gasteiger partial charge in [0.15, 0.2) is 0 Å². The van der Waals surface area contributed by atoms with E-state index in [2.05, 4.69) is 18.5 Å². The molecule has 0 aliphatic carbocycles. The maximum Gasteiger partial charge on any atom is 0.312 e. The summed E-state index contributed by atoms with van der Waals surface area (Å²) in [6.45, 7) is 13.4. The Hall–Kier alpha value is -3.50. The number of fused-ring (bicyclic) bond motifs is 1. The third-order valence-corrected chi connectivity index (χ3v) is 8.58. The quantitative estimate of drug-likeness (QED) is 0.256. The number of ether oxygens (including phenoxy) is 2. The normalized spacial score (nSPS) is 26.5. The maximum absolute atomic E-state index is 14.5. The van der Waals surface area contributed by atoms with Crippen molar-refractivity contribution in [3.05, 3.63) is 54.6 Å². The zero-order valence-electron chi connectivity index (χ0n) is 24.8. The van der Waals surface area contributed by atoms with Crippen LogP contribution in [0, 0.1) is 25.7 Å². The fraction of sp³-hybridized carbons (Fsp3) is 0.562. The summed E-state index contributed by atoms with van der Waals surface area (Å²) in [6, 6.07) is 4.89. The standard InChI is InChI=1S/C32H43N3O7/c1-6-8-10-25(37)33-19-22(5)41-31(40)26-24-13-14-32(42-24)27(26)29(38)35(16-9-17-36)28(32)30(39)34(15-7-2)23-18-20(3)11-12-21(23)4/h6-7,11-12,18,22,24,26-28,36H,1-2,8-10,13-17,19H2,3-5H3,(H,33,37)/t22-,24-,26+,27+,28-,32+/m1/s1. The fourth-order valence-electron chi connectivity index (χ4n) is 6.67. The van der Waals surface area contributed by atoms with Gasteiger partial charge in [0.25, 0.3) is 5.91 Å². The maximum atomic E-state index is 14.5. The minimum Gasteiger partial charge on any atom is -0.460 e. The Balaban J connectivity index is 1.61. The Morgan fingerprint density at radius 3 is 2.74 bits per heavy atom. The van der Waals surface area contributed by atoms with Crippen LogP contribution in [0.1, 0.15) is 50.2 Å². The summed E-state index contributed by atoms with van der Waals surface area (Å²) in [5.74, 6) is -3.12. The SMILES string of the molecule is C=CCCC(=O)NC[C@@H](C)OC(=O)[C@@H]1[C@H]2C(=O)N(CCCO)[C@H](C(=O)N(CC=C)c3cc(C)ccc3C)[C@]23CC[C@H]1O3. The molecule has 0 aromatic heterocycles. The molecule has 0 radical (unpaired) electrons. The van der Waals surface area contributed by atoms with Crippen molar-refractivity contribution in [1.29, 1.82) is 0 Å². The van der Waals surface area contributed by atoms with E-state index < -0.39 is 41.7 Å². The number of nitrogens with one attached hydrogen (secondary N) is 1. The van der Waals surface area contributed by atoms with E-state index in [1.807, 2.05) is 32.0 Å². The molecule has 1 spiro atoms.